The minimum absolute atomic E-state index is 0.0254. The molecule has 1 saturated carbocycles. The number of benzene rings is 1. The van der Waals surface area contributed by atoms with E-state index in [1.165, 1.54) is 25.7 Å². The van der Waals surface area contributed by atoms with Gasteiger partial charge in [-0.25, -0.2) is 4.79 Å². The molecule has 0 radical (unpaired) electrons. The SMILES string of the molecule is Cn1c(=O)n(C)c2cc(C(O)CCC3CCCC3)ccc21. The van der Waals surface area contributed by atoms with E-state index >= 15 is 0 Å². The summed E-state index contributed by atoms with van der Waals surface area (Å²) < 4.78 is 3.28. The maximum atomic E-state index is 11.9. The standard InChI is InChI=1S/C17H24N2O2/c1-18-14-9-8-13(11-15(14)19(2)17(18)21)16(20)10-7-12-5-3-4-6-12/h8-9,11-12,16,20H,3-7,10H2,1-2H3. The highest BCUT2D eigenvalue weighted by Crippen LogP contribution is 2.31. The molecule has 21 heavy (non-hydrogen) atoms. The third kappa shape index (κ3) is 2.64. The monoisotopic (exact) mass is 288 g/mol. The number of fused-ring (bicyclic) bond motifs is 1. The molecular weight excluding hydrogens is 264 g/mol. The van der Waals surface area contributed by atoms with Crippen LogP contribution < -0.4 is 5.69 Å². The molecule has 1 aliphatic rings. The first kappa shape index (κ1) is 14.4. The van der Waals surface area contributed by atoms with Gasteiger partial charge in [0.05, 0.1) is 17.1 Å². The maximum absolute atomic E-state index is 11.9. The molecule has 1 aliphatic carbocycles. The van der Waals surface area contributed by atoms with Gasteiger partial charge in [-0.05, 0) is 36.5 Å². The van der Waals surface area contributed by atoms with Crippen LogP contribution in [-0.2, 0) is 14.1 Å². The van der Waals surface area contributed by atoms with Crippen LogP contribution in [0.15, 0.2) is 23.0 Å². The number of rotatable bonds is 4. The number of hydrogen-bond donors (Lipinski definition) is 1. The molecule has 0 saturated heterocycles. The lowest BCUT2D eigenvalue weighted by atomic mass is 9.96. The predicted molar refractivity (Wildman–Crippen MR) is 84.3 cm³/mol. The van der Waals surface area contributed by atoms with Gasteiger partial charge in [-0.15, -0.1) is 0 Å². The number of aliphatic hydroxyl groups excluding tert-OH is 1. The van der Waals surface area contributed by atoms with Gasteiger partial charge in [-0.2, -0.15) is 0 Å². The van der Waals surface area contributed by atoms with Gasteiger partial charge < -0.3 is 5.11 Å². The molecule has 1 N–H and O–H groups in total. The van der Waals surface area contributed by atoms with E-state index in [9.17, 15) is 9.90 Å². The second-order valence-electron chi connectivity index (χ2n) is 6.39. The van der Waals surface area contributed by atoms with Crippen LogP contribution in [0.5, 0.6) is 0 Å². The summed E-state index contributed by atoms with van der Waals surface area (Å²) in [5.41, 5.74) is 2.69. The molecule has 1 atom stereocenters. The molecule has 3 rings (SSSR count). The number of hydrogen-bond acceptors (Lipinski definition) is 2. The van der Waals surface area contributed by atoms with Crippen LogP contribution in [0.1, 0.15) is 50.2 Å². The van der Waals surface area contributed by atoms with E-state index in [2.05, 4.69) is 0 Å². The minimum Gasteiger partial charge on any atom is -0.388 e. The zero-order valence-corrected chi connectivity index (χ0v) is 12.9. The van der Waals surface area contributed by atoms with Crippen LogP contribution in [0.25, 0.3) is 11.0 Å². The third-order valence-corrected chi connectivity index (χ3v) is 5.00. The summed E-state index contributed by atoms with van der Waals surface area (Å²) in [6.07, 6.45) is 6.82. The van der Waals surface area contributed by atoms with Crippen molar-refractivity contribution in [2.75, 3.05) is 0 Å². The highest BCUT2D eigenvalue weighted by atomic mass is 16.3. The van der Waals surface area contributed by atoms with E-state index in [0.717, 1.165) is 35.4 Å². The van der Waals surface area contributed by atoms with Crippen LogP contribution in [0, 0.1) is 5.92 Å². The second kappa shape index (κ2) is 5.68. The third-order valence-electron chi connectivity index (χ3n) is 5.00. The van der Waals surface area contributed by atoms with Crippen LogP contribution in [-0.4, -0.2) is 14.2 Å². The van der Waals surface area contributed by atoms with Crippen LogP contribution in [0.2, 0.25) is 0 Å². The molecule has 114 valence electrons. The Morgan fingerprint density at radius 3 is 2.57 bits per heavy atom. The number of nitrogens with zero attached hydrogens (tertiary/aromatic N) is 2. The summed E-state index contributed by atoms with van der Waals surface area (Å²) in [6.45, 7) is 0. The Labute approximate surface area is 125 Å². The average molecular weight is 288 g/mol. The Kier molecular flexibility index (Phi) is 3.89. The van der Waals surface area contributed by atoms with E-state index in [4.69, 9.17) is 0 Å². The zero-order chi connectivity index (χ0) is 15.0. The lowest BCUT2D eigenvalue weighted by Gasteiger charge is -2.14. The summed E-state index contributed by atoms with van der Waals surface area (Å²) in [7, 11) is 3.56. The molecule has 1 fully saturated rings. The van der Waals surface area contributed by atoms with Crippen molar-refractivity contribution in [3.8, 4) is 0 Å². The smallest absolute Gasteiger partial charge is 0.328 e. The molecule has 0 spiro atoms. The van der Waals surface area contributed by atoms with E-state index in [1.807, 2.05) is 18.2 Å². The predicted octanol–water partition coefficient (Wildman–Crippen LogP) is 2.88. The number of imidazole rings is 1. The molecular formula is C17H24N2O2. The Hall–Kier alpha value is -1.55. The Bertz CT molecular complexity index is 693. The highest BCUT2D eigenvalue weighted by Gasteiger charge is 2.18. The van der Waals surface area contributed by atoms with Crippen molar-refractivity contribution < 1.29 is 5.11 Å². The summed E-state index contributed by atoms with van der Waals surface area (Å²) in [5, 5.41) is 10.4. The van der Waals surface area contributed by atoms with Gasteiger partial charge in [0.15, 0.2) is 0 Å². The van der Waals surface area contributed by atoms with Crippen molar-refractivity contribution in [1.29, 1.82) is 0 Å². The molecule has 4 nitrogen and oxygen atoms in total. The van der Waals surface area contributed by atoms with Gasteiger partial charge in [-0.1, -0.05) is 31.7 Å². The van der Waals surface area contributed by atoms with Crippen LogP contribution >= 0.6 is 0 Å². The molecule has 1 heterocycles. The minimum atomic E-state index is -0.426. The molecule has 1 aromatic heterocycles. The fourth-order valence-electron chi connectivity index (χ4n) is 3.59. The Morgan fingerprint density at radius 2 is 1.86 bits per heavy atom. The first-order valence-corrected chi connectivity index (χ1v) is 7.91. The lowest BCUT2D eigenvalue weighted by Crippen LogP contribution is -2.19. The van der Waals surface area contributed by atoms with Gasteiger partial charge in [0, 0.05) is 14.1 Å². The van der Waals surface area contributed by atoms with Gasteiger partial charge in [-0.3, -0.25) is 9.13 Å². The van der Waals surface area contributed by atoms with Crippen molar-refractivity contribution >= 4 is 11.0 Å². The summed E-state index contributed by atoms with van der Waals surface area (Å²) >= 11 is 0. The summed E-state index contributed by atoms with van der Waals surface area (Å²) in [4.78, 5) is 11.9. The summed E-state index contributed by atoms with van der Waals surface area (Å²) in [5.74, 6) is 0.796. The van der Waals surface area contributed by atoms with Gasteiger partial charge in [0.25, 0.3) is 0 Å². The van der Waals surface area contributed by atoms with Crippen molar-refractivity contribution in [3.63, 3.8) is 0 Å². The van der Waals surface area contributed by atoms with E-state index in [1.54, 1.807) is 23.2 Å². The molecule has 0 bridgehead atoms. The van der Waals surface area contributed by atoms with E-state index < -0.39 is 6.10 Å². The zero-order valence-electron chi connectivity index (χ0n) is 12.9. The van der Waals surface area contributed by atoms with Gasteiger partial charge in [0.2, 0.25) is 0 Å². The highest BCUT2D eigenvalue weighted by molar-refractivity contribution is 5.76. The normalized spacial score (nSPS) is 17.7. The van der Waals surface area contributed by atoms with Crippen molar-refractivity contribution in [1.82, 2.24) is 9.13 Å². The fraction of sp³-hybridized carbons (Fsp3) is 0.588. The quantitative estimate of drug-likeness (QED) is 0.940. The number of aromatic nitrogens is 2. The van der Waals surface area contributed by atoms with Crippen molar-refractivity contribution in [2.24, 2.45) is 20.0 Å². The fourth-order valence-corrected chi connectivity index (χ4v) is 3.59. The van der Waals surface area contributed by atoms with Gasteiger partial charge >= 0.3 is 5.69 Å². The lowest BCUT2D eigenvalue weighted by molar-refractivity contribution is 0.157. The Morgan fingerprint density at radius 1 is 1.19 bits per heavy atom. The molecule has 0 aliphatic heterocycles. The molecule has 0 amide bonds. The van der Waals surface area contributed by atoms with Crippen LogP contribution in [0.4, 0.5) is 0 Å². The second-order valence-corrected chi connectivity index (χ2v) is 6.39. The molecule has 1 aromatic carbocycles. The topological polar surface area (TPSA) is 47.2 Å². The van der Waals surface area contributed by atoms with Crippen molar-refractivity contribution in [2.45, 2.75) is 44.6 Å². The Balaban J connectivity index is 1.79. The van der Waals surface area contributed by atoms with Gasteiger partial charge in [0.1, 0.15) is 0 Å². The first-order valence-electron chi connectivity index (χ1n) is 7.91. The van der Waals surface area contributed by atoms with Crippen molar-refractivity contribution in [3.05, 3.63) is 34.2 Å². The van der Waals surface area contributed by atoms with Crippen LogP contribution in [0.3, 0.4) is 0 Å². The number of aliphatic hydroxyl groups is 1. The van der Waals surface area contributed by atoms with E-state index in [-0.39, 0.29) is 5.69 Å². The average Bonchev–Trinajstić information content (AvgIpc) is 3.09. The number of aryl methyl sites for hydroxylation is 2. The first-order chi connectivity index (χ1) is 10.1. The molecule has 4 heteroatoms. The summed E-state index contributed by atoms with van der Waals surface area (Å²) in [6, 6.07) is 5.84. The van der Waals surface area contributed by atoms with E-state index in [0.29, 0.717) is 0 Å². The largest absolute Gasteiger partial charge is 0.388 e. The molecule has 1 unspecified atom stereocenters. The maximum Gasteiger partial charge on any atom is 0.328 e. The molecule has 2 aromatic rings.